The van der Waals surface area contributed by atoms with E-state index in [9.17, 15) is 5.11 Å². The Hall–Kier alpha value is -0.670. The van der Waals surface area contributed by atoms with E-state index in [-0.39, 0.29) is 0 Å². The number of aromatic hydroxyl groups is 1. The third-order valence-corrected chi connectivity index (χ3v) is 5.81. The lowest BCUT2D eigenvalue weighted by atomic mass is 10.0. The smallest absolute Gasteiger partial charge is 0.119 e. The second-order valence-electron chi connectivity index (χ2n) is 5.72. The zero-order valence-corrected chi connectivity index (χ0v) is 11.7. The van der Waals surface area contributed by atoms with Crippen molar-refractivity contribution in [2.24, 2.45) is 0 Å². The van der Waals surface area contributed by atoms with Crippen LogP contribution in [0.25, 0.3) is 0 Å². The first-order valence-corrected chi connectivity index (χ1v) is 7.85. The van der Waals surface area contributed by atoms with E-state index < -0.39 is 0 Å². The highest BCUT2D eigenvalue weighted by atomic mass is 32.2. The van der Waals surface area contributed by atoms with Gasteiger partial charge in [-0.3, -0.25) is 0 Å². The molecule has 2 unspecified atom stereocenters. The Morgan fingerprint density at radius 2 is 2.39 bits per heavy atom. The van der Waals surface area contributed by atoms with Crippen molar-refractivity contribution in [1.82, 2.24) is 5.32 Å². The van der Waals surface area contributed by atoms with Crippen molar-refractivity contribution in [3.8, 4) is 5.75 Å². The number of benzene rings is 1. The maximum Gasteiger partial charge on any atom is 0.119 e. The molecular formula is C15H21NOS. The molecule has 1 aromatic rings. The Labute approximate surface area is 113 Å². The van der Waals surface area contributed by atoms with Gasteiger partial charge >= 0.3 is 0 Å². The summed E-state index contributed by atoms with van der Waals surface area (Å²) in [5.74, 6) is 1.78. The Morgan fingerprint density at radius 3 is 3.17 bits per heavy atom. The molecular weight excluding hydrogens is 242 g/mol. The molecule has 3 rings (SSSR count). The van der Waals surface area contributed by atoms with Crippen LogP contribution in [0.1, 0.15) is 43.4 Å². The minimum absolute atomic E-state index is 0.416. The van der Waals surface area contributed by atoms with Gasteiger partial charge in [0.25, 0.3) is 0 Å². The van der Waals surface area contributed by atoms with Crippen molar-refractivity contribution >= 4 is 11.8 Å². The van der Waals surface area contributed by atoms with Crippen LogP contribution >= 0.6 is 11.8 Å². The topological polar surface area (TPSA) is 32.3 Å². The normalized spacial score (nSPS) is 30.6. The van der Waals surface area contributed by atoms with Crippen molar-refractivity contribution in [2.75, 3.05) is 12.3 Å². The molecule has 0 saturated carbocycles. The minimum atomic E-state index is 0.416. The summed E-state index contributed by atoms with van der Waals surface area (Å²) in [6.45, 7) is 3.45. The second kappa shape index (κ2) is 4.78. The first-order valence-electron chi connectivity index (χ1n) is 6.86. The predicted molar refractivity (Wildman–Crippen MR) is 77.3 cm³/mol. The lowest BCUT2D eigenvalue weighted by Gasteiger charge is -2.26. The van der Waals surface area contributed by atoms with Gasteiger partial charge in [-0.1, -0.05) is 12.1 Å². The molecule has 0 spiro atoms. The zero-order chi connectivity index (χ0) is 12.6. The maximum atomic E-state index is 9.85. The SMILES string of the molecule is CC1(CNC2CCc3c(O)cccc32)CCCS1. The summed E-state index contributed by atoms with van der Waals surface area (Å²) in [5.41, 5.74) is 2.46. The van der Waals surface area contributed by atoms with Gasteiger partial charge in [0, 0.05) is 17.3 Å². The molecule has 1 fully saturated rings. The fourth-order valence-corrected chi connectivity index (χ4v) is 4.42. The second-order valence-corrected chi connectivity index (χ2v) is 7.40. The number of thioether (sulfide) groups is 1. The van der Waals surface area contributed by atoms with E-state index in [4.69, 9.17) is 0 Å². The molecule has 1 aliphatic carbocycles. The van der Waals surface area contributed by atoms with Crippen molar-refractivity contribution in [1.29, 1.82) is 0 Å². The van der Waals surface area contributed by atoms with Crippen molar-refractivity contribution in [3.63, 3.8) is 0 Å². The minimum Gasteiger partial charge on any atom is -0.508 e. The number of hydrogen-bond acceptors (Lipinski definition) is 3. The zero-order valence-electron chi connectivity index (χ0n) is 10.9. The van der Waals surface area contributed by atoms with Gasteiger partial charge in [0.1, 0.15) is 5.75 Å². The Balaban J connectivity index is 1.68. The molecule has 1 saturated heterocycles. The first kappa shape index (κ1) is 12.4. The van der Waals surface area contributed by atoms with Crippen LogP contribution in [-0.2, 0) is 6.42 Å². The third-order valence-electron chi connectivity index (χ3n) is 4.27. The highest BCUT2D eigenvalue weighted by Gasteiger charge is 2.31. The highest BCUT2D eigenvalue weighted by molar-refractivity contribution is 8.00. The van der Waals surface area contributed by atoms with E-state index in [2.05, 4.69) is 30.1 Å². The van der Waals surface area contributed by atoms with Gasteiger partial charge in [0.05, 0.1) is 0 Å². The van der Waals surface area contributed by atoms with Gasteiger partial charge in [-0.05, 0) is 55.6 Å². The van der Waals surface area contributed by atoms with Crippen LogP contribution in [0, 0.1) is 0 Å². The summed E-state index contributed by atoms with van der Waals surface area (Å²) in [5, 5.41) is 13.6. The fraction of sp³-hybridized carbons (Fsp3) is 0.600. The van der Waals surface area contributed by atoms with Crippen LogP contribution in [0.2, 0.25) is 0 Å². The summed E-state index contributed by atoms with van der Waals surface area (Å²) in [4.78, 5) is 0. The van der Waals surface area contributed by atoms with Crippen LogP contribution < -0.4 is 5.32 Å². The Bertz CT molecular complexity index is 440. The van der Waals surface area contributed by atoms with Gasteiger partial charge < -0.3 is 10.4 Å². The molecule has 1 aromatic carbocycles. The standard InChI is InChI=1S/C15H21NOS/c1-15(8-3-9-18-15)10-16-13-7-6-12-11(13)4-2-5-14(12)17/h2,4-5,13,16-17H,3,6-10H2,1H3. The van der Waals surface area contributed by atoms with Crippen molar-refractivity contribution in [3.05, 3.63) is 29.3 Å². The highest BCUT2D eigenvalue weighted by Crippen LogP contribution is 2.40. The third kappa shape index (κ3) is 2.26. The average molecular weight is 263 g/mol. The summed E-state index contributed by atoms with van der Waals surface area (Å²) < 4.78 is 0.416. The van der Waals surface area contributed by atoms with Gasteiger partial charge in [0.2, 0.25) is 0 Å². The lowest BCUT2D eigenvalue weighted by Crippen LogP contribution is -2.34. The van der Waals surface area contributed by atoms with Crippen LogP contribution in [0.15, 0.2) is 18.2 Å². The number of fused-ring (bicyclic) bond motifs is 1. The Morgan fingerprint density at radius 1 is 1.50 bits per heavy atom. The van der Waals surface area contributed by atoms with Crippen LogP contribution in [0.4, 0.5) is 0 Å². The summed E-state index contributed by atoms with van der Waals surface area (Å²) in [7, 11) is 0. The van der Waals surface area contributed by atoms with E-state index in [0.29, 0.717) is 16.5 Å². The molecule has 98 valence electrons. The molecule has 0 amide bonds. The molecule has 2 nitrogen and oxygen atoms in total. The van der Waals surface area contributed by atoms with Gasteiger partial charge in [0.15, 0.2) is 0 Å². The molecule has 0 bridgehead atoms. The monoisotopic (exact) mass is 263 g/mol. The lowest BCUT2D eigenvalue weighted by molar-refractivity contribution is 0.468. The van der Waals surface area contributed by atoms with E-state index >= 15 is 0 Å². The van der Waals surface area contributed by atoms with Crippen molar-refractivity contribution < 1.29 is 5.11 Å². The molecule has 18 heavy (non-hydrogen) atoms. The van der Waals surface area contributed by atoms with Gasteiger partial charge in [-0.25, -0.2) is 0 Å². The van der Waals surface area contributed by atoms with E-state index in [1.807, 2.05) is 6.07 Å². The summed E-state index contributed by atoms with van der Waals surface area (Å²) in [6, 6.07) is 6.35. The largest absolute Gasteiger partial charge is 0.508 e. The molecule has 0 radical (unpaired) electrons. The van der Waals surface area contributed by atoms with Crippen LogP contribution in [-0.4, -0.2) is 22.2 Å². The number of nitrogens with one attached hydrogen (secondary N) is 1. The number of hydrogen-bond donors (Lipinski definition) is 2. The first-order chi connectivity index (χ1) is 8.68. The predicted octanol–water partition coefficient (Wildman–Crippen LogP) is 3.25. The summed E-state index contributed by atoms with van der Waals surface area (Å²) >= 11 is 2.10. The van der Waals surface area contributed by atoms with Gasteiger partial charge in [-0.15, -0.1) is 0 Å². The van der Waals surface area contributed by atoms with Crippen LogP contribution in [0.5, 0.6) is 5.75 Å². The van der Waals surface area contributed by atoms with E-state index in [0.717, 1.165) is 24.9 Å². The molecule has 0 aromatic heterocycles. The Kier molecular flexibility index (Phi) is 3.29. The molecule has 2 atom stereocenters. The average Bonchev–Trinajstić information content (AvgIpc) is 2.95. The quantitative estimate of drug-likeness (QED) is 0.878. The molecule has 2 N–H and O–H groups in total. The molecule has 1 heterocycles. The van der Waals surface area contributed by atoms with E-state index in [1.165, 1.54) is 24.2 Å². The maximum absolute atomic E-state index is 9.85. The number of phenolic OH excluding ortho intramolecular Hbond substituents is 1. The summed E-state index contributed by atoms with van der Waals surface area (Å²) in [6.07, 6.45) is 4.80. The van der Waals surface area contributed by atoms with Gasteiger partial charge in [-0.2, -0.15) is 11.8 Å². The van der Waals surface area contributed by atoms with E-state index in [1.54, 1.807) is 6.07 Å². The molecule has 1 aliphatic heterocycles. The fourth-order valence-electron chi connectivity index (χ4n) is 3.16. The number of phenols is 1. The van der Waals surface area contributed by atoms with Crippen LogP contribution in [0.3, 0.4) is 0 Å². The molecule has 2 aliphatic rings. The molecule has 3 heteroatoms. The van der Waals surface area contributed by atoms with Crippen molar-refractivity contribution in [2.45, 2.75) is 43.4 Å². The number of rotatable bonds is 3.